The topological polar surface area (TPSA) is 49.8 Å². The molecule has 114 valence electrons. The van der Waals surface area contributed by atoms with Crippen molar-refractivity contribution >= 4 is 5.91 Å². The molecule has 2 aliphatic rings. The van der Waals surface area contributed by atoms with Crippen molar-refractivity contribution in [3.63, 3.8) is 0 Å². The summed E-state index contributed by atoms with van der Waals surface area (Å²) < 4.78 is 5.92. The molecule has 3 rings (SSSR count). The molecule has 1 heterocycles. The Hall–Kier alpha value is -1.55. The van der Waals surface area contributed by atoms with Crippen LogP contribution in [-0.2, 0) is 4.79 Å². The van der Waals surface area contributed by atoms with Gasteiger partial charge in [-0.15, -0.1) is 0 Å². The lowest BCUT2D eigenvalue weighted by atomic mass is 9.74. The lowest BCUT2D eigenvalue weighted by molar-refractivity contribution is -0.144. The number of hydrogen-bond donors (Lipinski definition) is 1. The van der Waals surface area contributed by atoms with Crippen molar-refractivity contribution in [2.45, 2.75) is 38.9 Å². The summed E-state index contributed by atoms with van der Waals surface area (Å²) >= 11 is 0. The maximum Gasteiger partial charge on any atom is 0.266 e. The van der Waals surface area contributed by atoms with Crippen LogP contribution in [0.5, 0.6) is 5.75 Å². The smallest absolute Gasteiger partial charge is 0.266 e. The number of likely N-dealkylation sites (tertiary alicyclic amines) is 1. The van der Waals surface area contributed by atoms with Gasteiger partial charge in [0.15, 0.2) is 5.60 Å². The van der Waals surface area contributed by atoms with Gasteiger partial charge in [0.05, 0.1) is 6.10 Å². The van der Waals surface area contributed by atoms with Crippen LogP contribution in [-0.4, -0.2) is 40.7 Å². The van der Waals surface area contributed by atoms with Crippen molar-refractivity contribution in [1.29, 1.82) is 0 Å². The van der Waals surface area contributed by atoms with E-state index >= 15 is 0 Å². The number of amides is 1. The minimum absolute atomic E-state index is 0.00519. The summed E-state index contributed by atoms with van der Waals surface area (Å²) in [5.41, 5.74) is 0.223. The maximum atomic E-state index is 12.7. The highest BCUT2D eigenvalue weighted by atomic mass is 16.5. The van der Waals surface area contributed by atoms with E-state index in [1.54, 1.807) is 0 Å². The second kappa shape index (κ2) is 5.02. The first kappa shape index (κ1) is 14.4. The highest BCUT2D eigenvalue weighted by Gasteiger charge is 2.49. The normalized spacial score (nSPS) is 28.0. The molecule has 1 N–H and O–H groups in total. The summed E-state index contributed by atoms with van der Waals surface area (Å²) in [6.07, 6.45) is 0.599. The van der Waals surface area contributed by atoms with Gasteiger partial charge in [-0.1, -0.05) is 12.1 Å². The van der Waals surface area contributed by atoms with Gasteiger partial charge in [0.1, 0.15) is 5.75 Å². The molecule has 0 unspecified atom stereocenters. The summed E-state index contributed by atoms with van der Waals surface area (Å²) in [6, 6.07) is 7.74. The average Bonchev–Trinajstić information content (AvgIpc) is 2.74. The number of fused-ring (bicyclic) bond motifs is 1. The third-order valence-corrected chi connectivity index (χ3v) is 4.69. The predicted octanol–water partition coefficient (Wildman–Crippen LogP) is 1.99. The van der Waals surface area contributed by atoms with Crippen LogP contribution in [0.4, 0.5) is 0 Å². The molecule has 1 amide bonds. The third-order valence-electron chi connectivity index (χ3n) is 4.69. The molecule has 1 aliphatic heterocycles. The lowest BCUT2D eigenvalue weighted by Gasteiger charge is -2.34. The zero-order valence-corrected chi connectivity index (χ0v) is 12.9. The number of benzene rings is 1. The van der Waals surface area contributed by atoms with E-state index in [0.717, 1.165) is 24.3 Å². The van der Waals surface area contributed by atoms with Gasteiger partial charge in [-0.05, 0) is 50.8 Å². The molecule has 1 aliphatic carbocycles. The molecule has 4 nitrogen and oxygen atoms in total. The first-order valence-electron chi connectivity index (χ1n) is 7.60. The average molecular weight is 289 g/mol. The van der Waals surface area contributed by atoms with Crippen molar-refractivity contribution in [2.75, 3.05) is 13.1 Å². The minimum Gasteiger partial charge on any atom is -0.478 e. The van der Waals surface area contributed by atoms with Crippen molar-refractivity contribution in [2.24, 2.45) is 11.8 Å². The van der Waals surface area contributed by atoms with Crippen LogP contribution in [0.1, 0.15) is 25.8 Å². The van der Waals surface area contributed by atoms with E-state index in [2.05, 4.69) is 0 Å². The largest absolute Gasteiger partial charge is 0.478 e. The number of rotatable bonds is 3. The number of aliphatic hydroxyl groups excluding tert-OH is 1. The van der Waals surface area contributed by atoms with Gasteiger partial charge in [-0.25, -0.2) is 0 Å². The molecule has 0 aromatic heterocycles. The van der Waals surface area contributed by atoms with Gasteiger partial charge in [-0.2, -0.15) is 0 Å². The van der Waals surface area contributed by atoms with Gasteiger partial charge in [-0.3, -0.25) is 4.79 Å². The fraction of sp³-hybridized carbons (Fsp3) is 0.588. The summed E-state index contributed by atoms with van der Waals surface area (Å²) in [7, 11) is 0. The third kappa shape index (κ3) is 2.64. The molecule has 21 heavy (non-hydrogen) atoms. The van der Waals surface area contributed by atoms with Gasteiger partial charge in [0.25, 0.3) is 5.91 Å². The molecule has 0 radical (unpaired) electrons. The number of ether oxygens (including phenoxy) is 1. The Bertz CT molecular complexity index is 555. The van der Waals surface area contributed by atoms with E-state index in [4.69, 9.17) is 4.74 Å². The second-order valence-electron chi connectivity index (χ2n) is 6.87. The van der Waals surface area contributed by atoms with Gasteiger partial charge in [0, 0.05) is 19.0 Å². The van der Waals surface area contributed by atoms with Crippen LogP contribution in [0.25, 0.3) is 0 Å². The molecule has 4 heteroatoms. The summed E-state index contributed by atoms with van der Waals surface area (Å²) in [5.74, 6) is 1.46. The van der Waals surface area contributed by atoms with E-state index in [0.29, 0.717) is 12.5 Å². The van der Waals surface area contributed by atoms with E-state index in [1.807, 2.05) is 49.9 Å². The van der Waals surface area contributed by atoms with Crippen LogP contribution in [0, 0.1) is 18.8 Å². The van der Waals surface area contributed by atoms with Crippen LogP contribution >= 0.6 is 0 Å². The van der Waals surface area contributed by atoms with Gasteiger partial charge < -0.3 is 14.7 Å². The highest BCUT2D eigenvalue weighted by molar-refractivity contribution is 5.85. The van der Waals surface area contributed by atoms with E-state index < -0.39 is 5.60 Å². The number of aryl methyl sites for hydroxylation is 1. The minimum atomic E-state index is -0.886. The molecule has 0 bridgehead atoms. The quantitative estimate of drug-likeness (QED) is 0.926. The summed E-state index contributed by atoms with van der Waals surface area (Å²) in [4.78, 5) is 14.5. The molecule has 1 saturated carbocycles. The van der Waals surface area contributed by atoms with E-state index in [9.17, 15) is 9.90 Å². The Morgan fingerprint density at radius 2 is 2.14 bits per heavy atom. The Balaban J connectivity index is 1.68. The zero-order valence-electron chi connectivity index (χ0n) is 12.9. The Labute approximate surface area is 125 Å². The predicted molar refractivity (Wildman–Crippen MR) is 80.1 cm³/mol. The second-order valence-corrected chi connectivity index (χ2v) is 6.87. The SMILES string of the molecule is Cc1cccc(OC(C)(C)C(=O)N2C[C@H]3C[C@@H](O)[C@H]3C2)c1. The molecule has 3 atom stereocenters. The Kier molecular flexibility index (Phi) is 3.44. The van der Waals surface area contributed by atoms with Crippen LogP contribution < -0.4 is 4.74 Å². The molecule has 1 saturated heterocycles. The van der Waals surface area contributed by atoms with Crippen LogP contribution in [0.2, 0.25) is 0 Å². The van der Waals surface area contributed by atoms with Crippen LogP contribution in [0.3, 0.4) is 0 Å². The number of carbonyl (C=O) groups is 1. The lowest BCUT2D eigenvalue weighted by Crippen LogP contribution is -2.48. The van der Waals surface area contributed by atoms with Crippen molar-refractivity contribution in [3.8, 4) is 5.75 Å². The monoisotopic (exact) mass is 289 g/mol. The highest BCUT2D eigenvalue weighted by Crippen LogP contribution is 2.41. The van der Waals surface area contributed by atoms with Crippen molar-refractivity contribution < 1.29 is 14.6 Å². The van der Waals surface area contributed by atoms with Crippen molar-refractivity contribution in [3.05, 3.63) is 29.8 Å². The molecular formula is C17H23NO3. The molecule has 1 aromatic rings. The number of aliphatic hydroxyl groups is 1. The molecule has 2 fully saturated rings. The number of nitrogens with zero attached hydrogens (tertiary/aromatic N) is 1. The maximum absolute atomic E-state index is 12.7. The molecule has 1 aromatic carbocycles. The first-order chi connectivity index (χ1) is 9.87. The number of hydrogen-bond acceptors (Lipinski definition) is 3. The standard InChI is InChI=1S/C17H23NO3/c1-11-5-4-6-13(7-11)21-17(2,3)16(20)18-9-12-8-15(19)14(12)10-18/h4-7,12,14-15,19H,8-10H2,1-3H3/t12-,14+,15-/m1/s1. The first-order valence-corrected chi connectivity index (χ1v) is 7.60. The van der Waals surface area contributed by atoms with Gasteiger partial charge >= 0.3 is 0 Å². The van der Waals surface area contributed by atoms with Crippen LogP contribution in [0.15, 0.2) is 24.3 Å². The fourth-order valence-electron chi connectivity index (χ4n) is 3.43. The summed E-state index contributed by atoms with van der Waals surface area (Å²) in [5, 5.41) is 9.72. The molecular weight excluding hydrogens is 266 g/mol. The molecule has 0 spiro atoms. The number of carbonyl (C=O) groups excluding carboxylic acids is 1. The van der Waals surface area contributed by atoms with E-state index in [1.165, 1.54) is 0 Å². The Morgan fingerprint density at radius 1 is 1.38 bits per heavy atom. The zero-order chi connectivity index (χ0) is 15.2. The Morgan fingerprint density at radius 3 is 2.76 bits per heavy atom. The summed E-state index contributed by atoms with van der Waals surface area (Å²) in [6.45, 7) is 7.04. The van der Waals surface area contributed by atoms with Gasteiger partial charge in [0.2, 0.25) is 0 Å². The van der Waals surface area contributed by atoms with Crippen molar-refractivity contribution in [1.82, 2.24) is 4.90 Å². The van der Waals surface area contributed by atoms with E-state index in [-0.39, 0.29) is 17.9 Å². The fourth-order valence-corrected chi connectivity index (χ4v) is 3.43.